The molecular weight excluding hydrogens is 174 g/mol. The van der Waals surface area contributed by atoms with E-state index in [4.69, 9.17) is 5.11 Å². The molecule has 0 bridgehead atoms. The molecule has 0 aromatic heterocycles. The van der Waals surface area contributed by atoms with Crippen molar-refractivity contribution in [3.8, 4) is 0 Å². The number of rotatable bonds is 3. The number of nitrogens with one attached hydrogen (secondary N) is 1. The first-order valence-corrected chi connectivity index (χ1v) is 4.00. The fraction of sp³-hybridized carbons (Fsp3) is 0.625. The van der Waals surface area contributed by atoms with E-state index in [1.54, 1.807) is 6.92 Å². The Hall–Kier alpha value is -1.39. The second-order valence-corrected chi connectivity index (χ2v) is 3.37. The summed E-state index contributed by atoms with van der Waals surface area (Å²) in [5, 5.41) is 10.9. The fourth-order valence-corrected chi connectivity index (χ4v) is 1.34. The number of aliphatic carboxylic acids is 1. The standard InChI is InChI=1S/C8H11NO4/c1-8(3-2-6(11)9-8)5(10)4-7(12)13/h2-4H2,1H3,(H,9,11)(H,12,13). The van der Waals surface area contributed by atoms with E-state index in [1.807, 2.05) is 0 Å². The van der Waals surface area contributed by atoms with Crippen LogP contribution in [0.25, 0.3) is 0 Å². The molecule has 1 unspecified atom stereocenters. The molecule has 1 saturated heterocycles. The molecule has 0 saturated carbocycles. The van der Waals surface area contributed by atoms with Crippen LogP contribution in [-0.2, 0) is 14.4 Å². The Bertz CT molecular complexity index is 273. The first-order valence-electron chi connectivity index (χ1n) is 4.00. The van der Waals surface area contributed by atoms with Crippen molar-refractivity contribution in [3.05, 3.63) is 0 Å². The minimum absolute atomic E-state index is 0.193. The molecule has 5 heteroatoms. The van der Waals surface area contributed by atoms with Crippen molar-refractivity contribution in [2.75, 3.05) is 0 Å². The van der Waals surface area contributed by atoms with E-state index in [0.29, 0.717) is 12.8 Å². The van der Waals surface area contributed by atoms with Gasteiger partial charge < -0.3 is 10.4 Å². The molecule has 1 rings (SSSR count). The van der Waals surface area contributed by atoms with Gasteiger partial charge in [-0.25, -0.2) is 0 Å². The molecule has 1 aliphatic heterocycles. The van der Waals surface area contributed by atoms with Gasteiger partial charge in [-0.3, -0.25) is 14.4 Å². The van der Waals surface area contributed by atoms with Crippen LogP contribution in [0.1, 0.15) is 26.2 Å². The molecule has 1 atom stereocenters. The van der Waals surface area contributed by atoms with E-state index in [1.165, 1.54) is 0 Å². The molecule has 2 N–H and O–H groups in total. The predicted octanol–water partition coefficient (Wildman–Crippen LogP) is -0.301. The summed E-state index contributed by atoms with van der Waals surface area (Å²) < 4.78 is 0. The van der Waals surface area contributed by atoms with Gasteiger partial charge in [0.15, 0.2) is 5.78 Å². The fourth-order valence-electron chi connectivity index (χ4n) is 1.34. The monoisotopic (exact) mass is 185 g/mol. The Morgan fingerprint density at radius 1 is 1.62 bits per heavy atom. The molecule has 13 heavy (non-hydrogen) atoms. The predicted molar refractivity (Wildman–Crippen MR) is 43.0 cm³/mol. The number of hydrogen-bond donors (Lipinski definition) is 2. The van der Waals surface area contributed by atoms with Gasteiger partial charge in [-0.15, -0.1) is 0 Å². The van der Waals surface area contributed by atoms with Gasteiger partial charge in [-0.2, -0.15) is 0 Å². The number of carbonyl (C=O) groups excluding carboxylic acids is 2. The summed E-state index contributed by atoms with van der Waals surface area (Å²) in [5.74, 6) is -1.79. The third kappa shape index (κ3) is 2.05. The van der Waals surface area contributed by atoms with Gasteiger partial charge >= 0.3 is 5.97 Å². The van der Waals surface area contributed by atoms with E-state index >= 15 is 0 Å². The van der Waals surface area contributed by atoms with E-state index in [-0.39, 0.29) is 5.91 Å². The highest BCUT2D eigenvalue weighted by atomic mass is 16.4. The lowest BCUT2D eigenvalue weighted by Gasteiger charge is -2.20. The van der Waals surface area contributed by atoms with E-state index in [0.717, 1.165) is 0 Å². The van der Waals surface area contributed by atoms with Crippen molar-refractivity contribution in [3.63, 3.8) is 0 Å². The zero-order valence-corrected chi connectivity index (χ0v) is 7.29. The molecule has 0 spiro atoms. The third-order valence-electron chi connectivity index (χ3n) is 2.19. The third-order valence-corrected chi connectivity index (χ3v) is 2.19. The first-order chi connectivity index (χ1) is 5.94. The topological polar surface area (TPSA) is 83.5 Å². The Morgan fingerprint density at radius 2 is 2.23 bits per heavy atom. The summed E-state index contributed by atoms with van der Waals surface area (Å²) in [6, 6.07) is 0. The second kappa shape index (κ2) is 3.16. The maximum atomic E-state index is 11.3. The van der Waals surface area contributed by atoms with Crippen molar-refractivity contribution in [1.82, 2.24) is 5.32 Å². The molecule has 72 valence electrons. The smallest absolute Gasteiger partial charge is 0.310 e. The summed E-state index contributed by atoms with van der Waals surface area (Å²) >= 11 is 0. The normalized spacial score (nSPS) is 27.0. The number of carboxylic acids is 1. The lowest BCUT2D eigenvalue weighted by Crippen LogP contribution is -2.46. The number of carboxylic acid groups (broad SMARTS) is 1. The van der Waals surface area contributed by atoms with Gasteiger partial charge in [-0.1, -0.05) is 0 Å². The number of hydrogen-bond acceptors (Lipinski definition) is 3. The van der Waals surface area contributed by atoms with Gasteiger partial charge in [0.1, 0.15) is 6.42 Å². The molecular formula is C8H11NO4. The minimum atomic E-state index is -1.16. The van der Waals surface area contributed by atoms with E-state index in [2.05, 4.69) is 5.32 Å². The van der Waals surface area contributed by atoms with E-state index in [9.17, 15) is 14.4 Å². The SMILES string of the molecule is CC1(C(=O)CC(=O)O)CCC(=O)N1. The van der Waals surface area contributed by atoms with Crippen molar-refractivity contribution >= 4 is 17.7 Å². The number of Topliss-reactive ketones (excluding diaryl/α,β-unsaturated/α-hetero) is 1. The molecule has 0 radical (unpaired) electrons. The molecule has 0 aromatic carbocycles. The van der Waals surface area contributed by atoms with Gasteiger partial charge in [0.05, 0.1) is 5.54 Å². The van der Waals surface area contributed by atoms with Crippen LogP contribution in [0.2, 0.25) is 0 Å². The molecule has 0 aromatic rings. The average Bonchev–Trinajstić information content (AvgIpc) is 2.31. The van der Waals surface area contributed by atoms with Crippen LogP contribution in [0.5, 0.6) is 0 Å². The van der Waals surface area contributed by atoms with Crippen molar-refractivity contribution in [2.45, 2.75) is 31.7 Å². The molecule has 5 nitrogen and oxygen atoms in total. The van der Waals surface area contributed by atoms with Crippen LogP contribution in [-0.4, -0.2) is 28.3 Å². The zero-order valence-electron chi connectivity index (χ0n) is 7.29. The van der Waals surface area contributed by atoms with E-state index < -0.39 is 23.7 Å². The average molecular weight is 185 g/mol. The molecule has 0 aliphatic carbocycles. The quantitative estimate of drug-likeness (QED) is 0.591. The van der Waals surface area contributed by atoms with Gasteiger partial charge in [-0.05, 0) is 13.3 Å². The Balaban J connectivity index is 2.65. The summed E-state index contributed by atoms with van der Waals surface area (Å²) in [7, 11) is 0. The lowest BCUT2D eigenvalue weighted by molar-refractivity contribution is -0.142. The molecule has 1 fully saturated rings. The second-order valence-electron chi connectivity index (χ2n) is 3.37. The van der Waals surface area contributed by atoms with Crippen molar-refractivity contribution < 1.29 is 19.5 Å². The van der Waals surface area contributed by atoms with Gasteiger partial charge in [0, 0.05) is 6.42 Å². The van der Waals surface area contributed by atoms with Gasteiger partial charge in [0.2, 0.25) is 5.91 Å². The van der Waals surface area contributed by atoms with Crippen LogP contribution in [0.15, 0.2) is 0 Å². The van der Waals surface area contributed by atoms with Crippen molar-refractivity contribution in [2.24, 2.45) is 0 Å². The molecule has 1 heterocycles. The molecule has 1 amide bonds. The number of carbonyl (C=O) groups is 3. The van der Waals surface area contributed by atoms with Crippen LogP contribution in [0, 0.1) is 0 Å². The first kappa shape index (κ1) is 9.70. The molecule has 1 aliphatic rings. The maximum Gasteiger partial charge on any atom is 0.310 e. The van der Waals surface area contributed by atoms with Crippen LogP contribution in [0.3, 0.4) is 0 Å². The van der Waals surface area contributed by atoms with Crippen LogP contribution in [0.4, 0.5) is 0 Å². The summed E-state index contributed by atoms with van der Waals surface area (Å²) in [4.78, 5) is 32.4. The Morgan fingerprint density at radius 3 is 2.62 bits per heavy atom. The largest absolute Gasteiger partial charge is 0.481 e. The van der Waals surface area contributed by atoms with Crippen LogP contribution < -0.4 is 5.32 Å². The summed E-state index contributed by atoms with van der Waals surface area (Å²) in [6.45, 7) is 1.56. The minimum Gasteiger partial charge on any atom is -0.481 e. The zero-order chi connectivity index (χ0) is 10.1. The van der Waals surface area contributed by atoms with Gasteiger partial charge in [0.25, 0.3) is 0 Å². The maximum absolute atomic E-state index is 11.3. The Labute approximate surface area is 75.1 Å². The van der Waals surface area contributed by atoms with Crippen LogP contribution >= 0.6 is 0 Å². The van der Waals surface area contributed by atoms with Crippen molar-refractivity contribution in [1.29, 1.82) is 0 Å². The highest BCUT2D eigenvalue weighted by molar-refractivity contribution is 6.03. The Kier molecular flexibility index (Phi) is 2.36. The number of ketones is 1. The summed E-state index contributed by atoms with van der Waals surface area (Å²) in [5.41, 5.74) is -0.963. The number of amides is 1. The highest BCUT2D eigenvalue weighted by Crippen LogP contribution is 2.21. The highest BCUT2D eigenvalue weighted by Gasteiger charge is 2.40. The summed E-state index contributed by atoms with van der Waals surface area (Å²) in [6.07, 6.45) is 0.149. The lowest BCUT2D eigenvalue weighted by atomic mass is 9.93.